The summed E-state index contributed by atoms with van der Waals surface area (Å²) in [6.45, 7) is 3.99. The van der Waals surface area contributed by atoms with Crippen molar-refractivity contribution >= 4 is 33.9 Å². The first-order valence-electron chi connectivity index (χ1n) is 12.8. The van der Waals surface area contributed by atoms with Gasteiger partial charge in [0.25, 0.3) is 0 Å². The zero-order chi connectivity index (χ0) is 28.5. The minimum atomic E-state index is -0.766. The van der Waals surface area contributed by atoms with Crippen molar-refractivity contribution in [2.45, 2.75) is 6.92 Å². The summed E-state index contributed by atoms with van der Waals surface area (Å²) in [6.07, 6.45) is 4.51. The van der Waals surface area contributed by atoms with Crippen LogP contribution in [-0.2, 0) is 4.74 Å². The van der Waals surface area contributed by atoms with E-state index in [0.29, 0.717) is 71.7 Å². The maximum absolute atomic E-state index is 15.4. The molecule has 0 unspecified atom stereocenters. The summed E-state index contributed by atoms with van der Waals surface area (Å²) in [7, 11) is 0. The Morgan fingerprint density at radius 3 is 2.63 bits per heavy atom. The Kier molecular flexibility index (Phi) is 6.78. The van der Waals surface area contributed by atoms with Crippen LogP contribution in [0.5, 0.6) is 0 Å². The maximum Gasteiger partial charge on any atom is 0.152 e. The molecule has 0 radical (unpaired) electrons. The van der Waals surface area contributed by atoms with E-state index in [0.717, 1.165) is 6.07 Å². The van der Waals surface area contributed by atoms with Gasteiger partial charge in [-0.2, -0.15) is 5.26 Å². The van der Waals surface area contributed by atoms with E-state index < -0.39 is 11.6 Å². The fraction of sp³-hybridized carbons (Fsp3) is 0.172. The van der Waals surface area contributed by atoms with Crippen LogP contribution in [-0.4, -0.2) is 51.2 Å². The lowest BCUT2D eigenvalue weighted by atomic mass is 10.0. The summed E-state index contributed by atoms with van der Waals surface area (Å²) >= 11 is 0. The Balaban J connectivity index is 1.58. The number of aromatic nitrogens is 5. The van der Waals surface area contributed by atoms with Crippen molar-refractivity contribution in [1.29, 1.82) is 5.26 Å². The second kappa shape index (κ2) is 10.7. The van der Waals surface area contributed by atoms with Crippen LogP contribution in [0.25, 0.3) is 33.5 Å². The summed E-state index contributed by atoms with van der Waals surface area (Å²) in [5.74, 6) is -0.876. The van der Waals surface area contributed by atoms with E-state index in [2.05, 4.69) is 31.3 Å². The summed E-state index contributed by atoms with van der Waals surface area (Å²) in [5, 5.41) is 13.2. The summed E-state index contributed by atoms with van der Waals surface area (Å²) in [5.41, 5.74) is 9.51. The van der Waals surface area contributed by atoms with Crippen molar-refractivity contribution in [3.63, 3.8) is 0 Å². The standard InChI is InChI=1S/C29H23F2N9O/c1-16-25(21-4-2-3-5-34-21)38-22-12-18(30)11-20(31)24(22)26(16)39-23-10-17(27-19(13-32)28(33)37-15-36-27)14-35-29(23)40-6-8-41-9-7-40/h2-5,10-12,14-15H,6-9H2,1H3,(H,38,39)(H2,33,36,37). The third-order valence-electron chi connectivity index (χ3n) is 6.85. The lowest BCUT2D eigenvalue weighted by Crippen LogP contribution is -2.37. The van der Waals surface area contributed by atoms with Gasteiger partial charge >= 0.3 is 0 Å². The number of anilines is 4. The van der Waals surface area contributed by atoms with Gasteiger partial charge in [0.1, 0.15) is 35.4 Å². The normalized spacial score (nSPS) is 13.3. The SMILES string of the molecule is Cc1c(-c2ccccn2)nc2cc(F)cc(F)c2c1Nc1cc(-c2ncnc(N)c2C#N)cnc1N1CCOCC1. The first-order valence-corrected chi connectivity index (χ1v) is 12.8. The van der Waals surface area contributed by atoms with Crippen LogP contribution >= 0.6 is 0 Å². The quantitative estimate of drug-likeness (QED) is 0.314. The zero-order valence-electron chi connectivity index (χ0n) is 21.9. The molecule has 0 bridgehead atoms. The second-order valence-corrected chi connectivity index (χ2v) is 9.37. The maximum atomic E-state index is 15.4. The van der Waals surface area contributed by atoms with E-state index in [-0.39, 0.29) is 22.3 Å². The van der Waals surface area contributed by atoms with Gasteiger partial charge in [0, 0.05) is 48.7 Å². The molecule has 204 valence electrons. The highest BCUT2D eigenvalue weighted by atomic mass is 19.1. The van der Waals surface area contributed by atoms with Crippen LogP contribution in [0.3, 0.4) is 0 Å². The number of nitrogens with two attached hydrogens (primary N) is 1. The van der Waals surface area contributed by atoms with E-state index in [9.17, 15) is 9.65 Å². The number of morpholine rings is 1. The number of rotatable bonds is 5. The van der Waals surface area contributed by atoms with Gasteiger partial charge in [-0.25, -0.2) is 28.7 Å². The van der Waals surface area contributed by atoms with Gasteiger partial charge in [0.05, 0.1) is 52.6 Å². The molecule has 41 heavy (non-hydrogen) atoms. The van der Waals surface area contributed by atoms with E-state index in [1.54, 1.807) is 37.5 Å². The molecular formula is C29H23F2N9O. The minimum Gasteiger partial charge on any atom is -0.382 e. The molecule has 0 spiro atoms. The van der Waals surface area contributed by atoms with Crippen LogP contribution in [0, 0.1) is 29.9 Å². The number of benzene rings is 1. The summed E-state index contributed by atoms with van der Waals surface area (Å²) in [4.78, 5) is 24.0. The highest BCUT2D eigenvalue weighted by Gasteiger charge is 2.23. The Labute approximate surface area is 233 Å². The molecule has 12 heteroatoms. The first kappa shape index (κ1) is 26.0. The van der Waals surface area contributed by atoms with Gasteiger partial charge in [-0.3, -0.25) is 4.98 Å². The fourth-order valence-electron chi connectivity index (χ4n) is 4.88. The molecule has 1 aromatic carbocycles. The number of fused-ring (bicyclic) bond motifs is 1. The molecule has 5 heterocycles. The molecule has 10 nitrogen and oxygen atoms in total. The monoisotopic (exact) mass is 551 g/mol. The van der Waals surface area contributed by atoms with Gasteiger partial charge in [-0.05, 0) is 25.1 Å². The van der Waals surface area contributed by atoms with Crippen molar-refractivity contribution in [2.75, 3.05) is 42.3 Å². The van der Waals surface area contributed by atoms with Crippen molar-refractivity contribution in [1.82, 2.24) is 24.9 Å². The van der Waals surface area contributed by atoms with Gasteiger partial charge in [0.15, 0.2) is 5.82 Å². The number of nitriles is 1. The smallest absolute Gasteiger partial charge is 0.152 e. The Morgan fingerprint density at radius 2 is 1.88 bits per heavy atom. The number of nitrogens with zero attached hydrogens (tertiary/aromatic N) is 7. The largest absolute Gasteiger partial charge is 0.382 e. The Hall–Kier alpha value is -5.28. The molecule has 4 aromatic heterocycles. The molecule has 1 aliphatic rings. The third kappa shape index (κ3) is 4.83. The van der Waals surface area contributed by atoms with E-state index >= 15 is 4.39 Å². The average Bonchev–Trinajstić information content (AvgIpc) is 2.99. The van der Waals surface area contributed by atoms with Gasteiger partial charge < -0.3 is 20.7 Å². The summed E-state index contributed by atoms with van der Waals surface area (Å²) in [6, 6.07) is 11.2. The number of hydrogen-bond donors (Lipinski definition) is 2. The van der Waals surface area contributed by atoms with Crippen LogP contribution in [0.1, 0.15) is 11.1 Å². The van der Waals surface area contributed by atoms with Gasteiger partial charge in [-0.15, -0.1) is 0 Å². The van der Waals surface area contributed by atoms with Gasteiger partial charge in [0.2, 0.25) is 0 Å². The highest BCUT2D eigenvalue weighted by molar-refractivity contribution is 5.99. The number of pyridine rings is 3. The van der Waals surface area contributed by atoms with Crippen molar-refractivity contribution < 1.29 is 13.5 Å². The molecule has 5 aromatic rings. The number of halogens is 2. The lowest BCUT2D eigenvalue weighted by molar-refractivity contribution is 0.122. The third-order valence-corrected chi connectivity index (χ3v) is 6.85. The Bertz CT molecular complexity index is 1820. The lowest BCUT2D eigenvalue weighted by Gasteiger charge is -2.30. The van der Waals surface area contributed by atoms with E-state index in [1.165, 1.54) is 12.4 Å². The highest BCUT2D eigenvalue weighted by Crippen LogP contribution is 2.39. The Morgan fingerprint density at radius 1 is 1.05 bits per heavy atom. The summed E-state index contributed by atoms with van der Waals surface area (Å²) < 4.78 is 35.3. The molecular weight excluding hydrogens is 528 g/mol. The van der Waals surface area contributed by atoms with Crippen molar-refractivity contribution in [3.8, 4) is 28.7 Å². The first-order chi connectivity index (χ1) is 19.9. The molecule has 1 aliphatic heterocycles. The molecule has 1 saturated heterocycles. The van der Waals surface area contributed by atoms with E-state index in [1.807, 2.05) is 11.0 Å². The number of hydrogen-bond acceptors (Lipinski definition) is 10. The van der Waals surface area contributed by atoms with Crippen LogP contribution in [0.2, 0.25) is 0 Å². The average molecular weight is 552 g/mol. The topological polar surface area (TPSA) is 139 Å². The van der Waals surface area contributed by atoms with Crippen LogP contribution < -0.4 is 16.0 Å². The molecule has 1 fully saturated rings. The van der Waals surface area contributed by atoms with Crippen molar-refractivity contribution in [2.24, 2.45) is 0 Å². The predicted molar refractivity (Wildman–Crippen MR) is 150 cm³/mol. The van der Waals surface area contributed by atoms with Crippen LogP contribution in [0.15, 0.2) is 55.1 Å². The number of ether oxygens (including phenoxy) is 1. The molecule has 6 rings (SSSR count). The molecule has 0 atom stereocenters. The molecule has 0 amide bonds. The second-order valence-electron chi connectivity index (χ2n) is 9.37. The van der Waals surface area contributed by atoms with Gasteiger partial charge in [-0.1, -0.05) is 6.07 Å². The van der Waals surface area contributed by atoms with Crippen LogP contribution in [0.4, 0.5) is 31.8 Å². The predicted octanol–water partition coefficient (Wildman–Crippen LogP) is 4.77. The van der Waals surface area contributed by atoms with Crippen molar-refractivity contribution in [3.05, 3.63) is 77.9 Å². The zero-order valence-corrected chi connectivity index (χ0v) is 21.9. The fourth-order valence-corrected chi connectivity index (χ4v) is 4.88. The number of nitrogen functional groups attached to an aromatic ring is 1. The molecule has 0 saturated carbocycles. The molecule has 0 aliphatic carbocycles. The molecule has 3 N–H and O–H groups in total. The minimum absolute atomic E-state index is 0.0457. The number of nitrogens with one attached hydrogen (secondary N) is 1. The van der Waals surface area contributed by atoms with E-state index in [4.69, 9.17) is 15.5 Å².